The summed E-state index contributed by atoms with van der Waals surface area (Å²) in [4.78, 5) is 0. The second kappa shape index (κ2) is 8.37. The van der Waals surface area contributed by atoms with Crippen LogP contribution in [0, 0.1) is 17.8 Å². The molecule has 94 valence electrons. The standard InChI is InChI=1S/C18H22/c1-16(2)10-9-12-17(3)11-7-8-15-18-13-5-4-6-14-18/h4-7,11,13-14,17H,1,9-10,12H2,2-3H3/t17-/m0/s1. The lowest BCUT2D eigenvalue weighted by Gasteiger charge is -2.04. The fraction of sp³-hybridized carbons (Fsp3) is 0.333. The molecular weight excluding hydrogens is 216 g/mol. The first kappa shape index (κ1) is 14.3. The maximum atomic E-state index is 3.92. The van der Waals surface area contributed by atoms with Crippen molar-refractivity contribution in [2.75, 3.05) is 0 Å². The van der Waals surface area contributed by atoms with Crippen LogP contribution in [0.15, 0.2) is 54.6 Å². The average molecular weight is 238 g/mol. The average Bonchev–Trinajstić information content (AvgIpc) is 2.35. The molecule has 1 rings (SSSR count). The Bertz CT molecular complexity index is 440. The van der Waals surface area contributed by atoms with Crippen molar-refractivity contribution >= 4 is 0 Å². The van der Waals surface area contributed by atoms with Gasteiger partial charge in [-0.05, 0) is 50.3 Å². The van der Waals surface area contributed by atoms with E-state index in [-0.39, 0.29) is 0 Å². The summed E-state index contributed by atoms with van der Waals surface area (Å²) < 4.78 is 0. The van der Waals surface area contributed by atoms with Crippen LogP contribution >= 0.6 is 0 Å². The third-order valence-electron chi connectivity index (χ3n) is 2.76. The topological polar surface area (TPSA) is 0 Å². The van der Waals surface area contributed by atoms with Gasteiger partial charge in [0.15, 0.2) is 0 Å². The van der Waals surface area contributed by atoms with E-state index in [0.29, 0.717) is 5.92 Å². The summed E-state index contributed by atoms with van der Waals surface area (Å²) in [5.41, 5.74) is 2.34. The monoisotopic (exact) mass is 238 g/mol. The summed E-state index contributed by atoms with van der Waals surface area (Å²) in [6, 6.07) is 10.1. The van der Waals surface area contributed by atoms with Crippen molar-refractivity contribution in [1.29, 1.82) is 0 Å². The molecule has 0 saturated heterocycles. The first-order chi connectivity index (χ1) is 8.68. The molecule has 0 heteroatoms. The van der Waals surface area contributed by atoms with Gasteiger partial charge in [-0.25, -0.2) is 0 Å². The molecule has 0 unspecified atom stereocenters. The van der Waals surface area contributed by atoms with Crippen LogP contribution in [0.1, 0.15) is 38.7 Å². The van der Waals surface area contributed by atoms with Gasteiger partial charge in [0.25, 0.3) is 0 Å². The molecule has 0 bridgehead atoms. The number of hydrogen-bond donors (Lipinski definition) is 0. The number of hydrogen-bond acceptors (Lipinski definition) is 0. The van der Waals surface area contributed by atoms with E-state index in [1.54, 1.807) is 0 Å². The fourth-order valence-corrected chi connectivity index (χ4v) is 1.68. The molecule has 0 N–H and O–H groups in total. The van der Waals surface area contributed by atoms with Gasteiger partial charge in [0.1, 0.15) is 0 Å². The lowest BCUT2D eigenvalue weighted by atomic mass is 10.0. The summed E-state index contributed by atoms with van der Waals surface area (Å²) in [5, 5.41) is 0. The fourth-order valence-electron chi connectivity index (χ4n) is 1.68. The largest absolute Gasteiger partial charge is 0.100 e. The van der Waals surface area contributed by atoms with E-state index < -0.39 is 0 Å². The van der Waals surface area contributed by atoms with E-state index in [1.165, 1.54) is 18.4 Å². The Morgan fingerprint density at radius 2 is 2.06 bits per heavy atom. The highest BCUT2D eigenvalue weighted by Crippen LogP contribution is 2.11. The summed E-state index contributed by atoms with van der Waals surface area (Å²) in [6.45, 7) is 8.24. The predicted molar refractivity (Wildman–Crippen MR) is 80.3 cm³/mol. The van der Waals surface area contributed by atoms with Crippen LogP contribution in [0.25, 0.3) is 0 Å². The molecule has 1 aromatic carbocycles. The van der Waals surface area contributed by atoms with Crippen LogP contribution in [0.3, 0.4) is 0 Å². The van der Waals surface area contributed by atoms with E-state index in [4.69, 9.17) is 0 Å². The third kappa shape index (κ3) is 6.76. The van der Waals surface area contributed by atoms with Gasteiger partial charge in [-0.15, -0.1) is 6.58 Å². The molecule has 0 saturated carbocycles. The van der Waals surface area contributed by atoms with E-state index in [9.17, 15) is 0 Å². The summed E-state index contributed by atoms with van der Waals surface area (Å²) in [5.74, 6) is 6.80. The second-order valence-corrected chi connectivity index (χ2v) is 4.82. The Balaban J connectivity index is 2.32. The van der Waals surface area contributed by atoms with E-state index in [0.717, 1.165) is 12.0 Å². The molecule has 0 nitrogen and oxygen atoms in total. The first-order valence-corrected chi connectivity index (χ1v) is 6.56. The van der Waals surface area contributed by atoms with Gasteiger partial charge >= 0.3 is 0 Å². The maximum Gasteiger partial charge on any atom is 0.0248 e. The summed E-state index contributed by atoms with van der Waals surface area (Å²) >= 11 is 0. The zero-order valence-electron chi connectivity index (χ0n) is 11.4. The number of rotatable bonds is 5. The van der Waals surface area contributed by atoms with Crippen molar-refractivity contribution in [3.05, 3.63) is 60.2 Å². The van der Waals surface area contributed by atoms with Gasteiger partial charge in [-0.2, -0.15) is 0 Å². The van der Waals surface area contributed by atoms with Crippen molar-refractivity contribution in [3.8, 4) is 11.8 Å². The van der Waals surface area contributed by atoms with Crippen molar-refractivity contribution in [1.82, 2.24) is 0 Å². The molecule has 0 aromatic heterocycles. The van der Waals surface area contributed by atoms with E-state index in [1.807, 2.05) is 36.4 Å². The third-order valence-corrected chi connectivity index (χ3v) is 2.76. The minimum Gasteiger partial charge on any atom is -0.100 e. The molecule has 0 fully saturated rings. The van der Waals surface area contributed by atoms with Crippen LogP contribution in [0.2, 0.25) is 0 Å². The van der Waals surface area contributed by atoms with Crippen molar-refractivity contribution in [2.24, 2.45) is 5.92 Å². The molecule has 1 atom stereocenters. The minimum absolute atomic E-state index is 0.592. The van der Waals surface area contributed by atoms with Gasteiger partial charge in [0.05, 0.1) is 0 Å². The predicted octanol–water partition coefficient (Wildman–Crippen LogP) is 4.98. The SMILES string of the molecule is C=C(C)CCC[C@@H](C)C=CC#Cc1ccccc1. The van der Waals surface area contributed by atoms with Crippen LogP contribution in [0.4, 0.5) is 0 Å². The Kier molecular flexibility index (Phi) is 6.66. The molecule has 1 aromatic rings. The molecule has 0 aliphatic carbocycles. The smallest absolute Gasteiger partial charge is 0.0248 e. The van der Waals surface area contributed by atoms with Crippen molar-refractivity contribution < 1.29 is 0 Å². The number of benzene rings is 1. The van der Waals surface area contributed by atoms with Gasteiger partial charge in [-0.1, -0.05) is 48.6 Å². The van der Waals surface area contributed by atoms with Crippen LogP contribution in [-0.2, 0) is 0 Å². The maximum absolute atomic E-state index is 3.92. The summed E-state index contributed by atoms with van der Waals surface area (Å²) in [6.07, 6.45) is 7.71. The molecule has 0 spiro atoms. The molecule has 18 heavy (non-hydrogen) atoms. The van der Waals surface area contributed by atoms with E-state index in [2.05, 4.69) is 38.3 Å². The highest BCUT2D eigenvalue weighted by atomic mass is 14.0. The van der Waals surface area contributed by atoms with Gasteiger partial charge < -0.3 is 0 Å². The Labute approximate surface area is 111 Å². The molecule has 0 aliphatic heterocycles. The van der Waals surface area contributed by atoms with Crippen molar-refractivity contribution in [2.45, 2.75) is 33.1 Å². The highest BCUT2D eigenvalue weighted by molar-refractivity contribution is 5.36. The molecule has 0 amide bonds. The zero-order valence-corrected chi connectivity index (χ0v) is 11.4. The van der Waals surface area contributed by atoms with Gasteiger partial charge in [0.2, 0.25) is 0 Å². The van der Waals surface area contributed by atoms with Crippen LogP contribution in [0.5, 0.6) is 0 Å². The van der Waals surface area contributed by atoms with E-state index >= 15 is 0 Å². The molecule has 0 radical (unpaired) electrons. The van der Waals surface area contributed by atoms with Crippen LogP contribution in [-0.4, -0.2) is 0 Å². The lowest BCUT2D eigenvalue weighted by molar-refractivity contribution is 0.605. The molecular formula is C18H22. The minimum atomic E-state index is 0.592. The van der Waals surface area contributed by atoms with Crippen LogP contribution < -0.4 is 0 Å². The van der Waals surface area contributed by atoms with Gasteiger partial charge in [0, 0.05) is 5.56 Å². The summed E-state index contributed by atoms with van der Waals surface area (Å²) in [7, 11) is 0. The van der Waals surface area contributed by atoms with Gasteiger partial charge in [-0.3, -0.25) is 0 Å². The molecule has 0 aliphatic rings. The lowest BCUT2D eigenvalue weighted by Crippen LogP contribution is -1.89. The molecule has 0 heterocycles. The Morgan fingerprint density at radius 1 is 1.33 bits per heavy atom. The quantitative estimate of drug-likeness (QED) is 0.501. The Hall–Kier alpha value is -1.74. The Morgan fingerprint density at radius 3 is 2.72 bits per heavy atom. The second-order valence-electron chi connectivity index (χ2n) is 4.82. The zero-order chi connectivity index (χ0) is 13.2. The highest BCUT2D eigenvalue weighted by Gasteiger charge is 1.96. The normalized spacial score (nSPS) is 11.9. The first-order valence-electron chi connectivity index (χ1n) is 6.56. The number of allylic oxidation sites excluding steroid dienone is 3. The van der Waals surface area contributed by atoms with Crippen molar-refractivity contribution in [3.63, 3.8) is 0 Å².